The highest BCUT2D eigenvalue weighted by molar-refractivity contribution is 6.05. The van der Waals surface area contributed by atoms with Gasteiger partial charge in [0, 0.05) is 12.1 Å². The van der Waals surface area contributed by atoms with Crippen molar-refractivity contribution < 1.29 is 14.3 Å². The number of fused-ring (bicyclic) bond motifs is 1. The van der Waals surface area contributed by atoms with Crippen molar-refractivity contribution in [2.45, 2.75) is 6.92 Å². The molecule has 0 fully saturated rings. The summed E-state index contributed by atoms with van der Waals surface area (Å²) in [5.74, 6) is 1.14. The van der Waals surface area contributed by atoms with E-state index in [9.17, 15) is 4.79 Å². The standard InChI is InChI=1S/C23H23NO3/c1-5-10-24-23(25)18-11-17-13-21(26-3)22(27-4)14-20(17)19(12-18)16-8-6-15(2)7-9-16/h5-9,11-14H,1,10H2,2-4H3,(H,24,25). The van der Waals surface area contributed by atoms with E-state index in [1.165, 1.54) is 5.56 Å². The number of rotatable bonds is 6. The monoisotopic (exact) mass is 361 g/mol. The van der Waals surface area contributed by atoms with Crippen LogP contribution in [0.5, 0.6) is 11.5 Å². The normalized spacial score (nSPS) is 10.5. The number of ether oxygens (including phenoxy) is 2. The van der Waals surface area contributed by atoms with Crippen molar-refractivity contribution in [1.29, 1.82) is 0 Å². The molecule has 1 N–H and O–H groups in total. The molecule has 0 aliphatic carbocycles. The van der Waals surface area contributed by atoms with Crippen LogP contribution in [-0.4, -0.2) is 26.7 Å². The number of nitrogens with one attached hydrogen (secondary N) is 1. The quantitative estimate of drug-likeness (QED) is 0.645. The Morgan fingerprint density at radius 1 is 1.04 bits per heavy atom. The fourth-order valence-electron chi connectivity index (χ4n) is 3.06. The largest absolute Gasteiger partial charge is 0.493 e. The Kier molecular flexibility index (Phi) is 5.46. The molecule has 1 amide bonds. The van der Waals surface area contributed by atoms with E-state index in [0.29, 0.717) is 23.6 Å². The molecule has 0 aromatic heterocycles. The Morgan fingerprint density at radius 2 is 1.70 bits per heavy atom. The fourth-order valence-corrected chi connectivity index (χ4v) is 3.06. The maximum atomic E-state index is 12.5. The molecule has 3 aromatic carbocycles. The lowest BCUT2D eigenvalue weighted by Crippen LogP contribution is -2.23. The van der Waals surface area contributed by atoms with Crippen LogP contribution in [0.3, 0.4) is 0 Å². The highest BCUT2D eigenvalue weighted by Crippen LogP contribution is 2.38. The fraction of sp³-hybridized carbons (Fsp3) is 0.174. The zero-order valence-electron chi connectivity index (χ0n) is 15.8. The van der Waals surface area contributed by atoms with Gasteiger partial charge in [-0.1, -0.05) is 35.9 Å². The molecule has 0 bridgehead atoms. The summed E-state index contributed by atoms with van der Waals surface area (Å²) < 4.78 is 10.9. The van der Waals surface area contributed by atoms with E-state index >= 15 is 0 Å². The Balaban J connectivity index is 2.26. The van der Waals surface area contributed by atoms with Gasteiger partial charge in [-0.25, -0.2) is 0 Å². The van der Waals surface area contributed by atoms with Gasteiger partial charge in [0.15, 0.2) is 11.5 Å². The van der Waals surface area contributed by atoms with E-state index < -0.39 is 0 Å². The van der Waals surface area contributed by atoms with Gasteiger partial charge in [0.25, 0.3) is 5.91 Å². The van der Waals surface area contributed by atoms with Gasteiger partial charge in [0.2, 0.25) is 0 Å². The van der Waals surface area contributed by atoms with Crippen LogP contribution < -0.4 is 14.8 Å². The number of hydrogen-bond donors (Lipinski definition) is 1. The summed E-state index contributed by atoms with van der Waals surface area (Å²) >= 11 is 0. The zero-order valence-corrected chi connectivity index (χ0v) is 15.8. The number of amides is 1. The number of hydrogen-bond acceptors (Lipinski definition) is 3. The van der Waals surface area contributed by atoms with E-state index in [1.807, 2.05) is 24.3 Å². The average molecular weight is 361 g/mol. The van der Waals surface area contributed by atoms with Crippen molar-refractivity contribution in [2.24, 2.45) is 0 Å². The Labute approximate surface area is 159 Å². The SMILES string of the molecule is C=CCNC(=O)c1cc(-c2ccc(C)cc2)c2cc(OC)c(OC)cc2c1. The number of carbonyl (C=O) groups is 1. The molecule has 3 aromatic rings. The molecule has 4 nitrogen and oxygen atoms in total. The Morgan fingerprint density at radius 3 is 2.33 bits per heavy atom. The van der Waals surface area contributed by atoms with Gasteiger partial charge in [-0.3, -0.25) is 4.79 Å². The zero-order chi connectivity index (χ0) is 19.4. The molecule has 0 unspecified atom stereocenters. The first-order chi connectivity index (χ1) is 13.1. The maximum Gasteiger partial charge on any atom is 0.251 e. The molecule has 4 heteroatoms. The number of carbonyl (C=O) groups excluding carboxylic acids is 1. The molecule has 0 aliphatic heterocycles. The summed E-state index contributed by atoms with van der Waals surface area (Å²) in [7, 11) is 3.22. The first kappa shape index (κ1) is 18.5. The first-order valence-electron chi connectivity index (χ1n) is 8.73. The molecule has 27 heavy (non-hydrogen) atoms. The van der Waals surface area contributed by atoms with Gasteiger partial charge in [-0.05, 0) is 53.1 Å². The van der Waals surface area contributed by atoms with Crippen molar-refractivity contribution >= 4 is 16.7 Å². The van der Waals surface area contributed by atoms with Crippen molar-refractivity contribution in [2.75, 3.05) is 20.8 Å². The molecule has 0 atom stereocenters. The van der Waals surface area contributed by atoms with E-state index in [1.54, 1.807) is 20.3 Å². The summed E-state index contributed by atoms with van der Waals surface area (Å²) in [4.78, 5) is 12.5. The van der Waals surface area contributed by atoms with Gasteiger partial charge in [-0.15, -0.1) is 6.58 Å². The van der Waals surface area contributed by atoms with Crippen LogP contribution >= 0.6 is 0 Å². The summed E-state index contributed by atoms with van der Waals surface area (Å²) in [5.41, 5.74) is 3.78. The van der Waals surface area contributed by atoms with E-state index in [2.05, 4.69) is 43.1 Å². The minimum Gasteiger partial charge on any atom is -0.493 e. The lowest BCUT2D eigenvalue weighted by Gasteiger charge is -2.14. The second kappa shape index (κ2) is 7.96. The molecule has 0 radical (unpaired) electrons. The molecule has 0 aliphatic rings. The average Bonchev–Trinajstić information content (AvgIpc) is 2.70. The van der Waals surface area contributed by atoms with Gasteiger partial charge >= 0.3 is 0 Å². The number of methoxy groups -OCH3 is 2. The minimum atomic E-state index is -0.139. The van der Waals surface area contributed by atoms with Crippen molar-refractivity contribution in [3.63, 3.8) is 0 Å². The van der Waals surface area contributed by atoms with E-state index in [4.69, 9.17) is 9.47 Å². The van der Waals surface area contributed by atoms with Crippen LogP contribution in [0, 0.1) is 6.92 Å². The second-order valence-electron chi connectivity index (χ2n) is 6.32. The van der Waals surface area contributed by atoms with Gasteiger partial charge in [-0.2, -0.15) is 0 Å². The number of aryl methyl sites for hydroxylation is 1. The smallest absolute Gasteiger partial charge is 0.251 e. The van der Waals surface area contributed by atoms with Crippen LogP contribution in [0.15, 0.2) is 61.2 Å². The molecule has 0 saturated heterocycles. The van der Waals surface area contributed by atoms with Crippen LogP contribution in [0.25, 0.3) is 21.9 Å². The summed E-state index contributed by atoms with van der Waals surface area (Å²) in [5, 5.41) is 4.75. The minimum absolute atomic E-state index is 0.139. The predicted octanol–water partition coefficient (Wildman–Crippen LogP) is 4.75. The summed E-state index contributed by atoms with van der Waals surface area (Å²) in [6.07, 6.45) is 1.66. The molecular formula is C23H23NO3. The molecular weight excluding hydrogens is 338 g/mol. The number of benzene rings is 3. The second-order valence-corrected chi connectivity index (χ2v) is 6.32. The molecule has 0 spiro atoms. The van der Waals surface area contributed by atoms with Gasteiger partial charge in [0.05, 0.1) is 14.2 Å². The molecule has 0 saturated carbocycles. The molecule has 138 valence electrons. The van der Waals surface area contributed by atoms with Crippen LogP contribution in [0.2, 0.25) is 0 Å². The molecule has 3 rings (SSSR count). The van der Waals surface area contributed by atoms with Crippen LogP contribution in [0.1, 0.15) is 15.9 Å². The van der Waals surface area contributed by atoms with E-state index in [0.717, 1.165) is 21.9 Å². The van der Waals surface area contributed by atoms with Crippen molar-refractivity contribution in [3.05, 3.63) is 72.3 Å². The Bertz CT molecular complexity index is 991. The third-order valence-corrected chi connectivity index (χ3v) is 4.49. The van der Waals surface area contributed by atoms with Gasteiger partial charge in [0.1, 0.15) is 0 Å². The highest BCUT2D eigenvalue weighted by Gasteiger charge is 2.15. The van der Waals surface area contributed by atoms with Crippen LogP contribution in [-0.2, 0) is 0 Å². The van der Waals surface area contributed by atoms with Crippen molar-refractivity contribution in [1.82, 2.24) is 5.32 Å². The summed E-state index contributed by atoms with van der Waals surface area (Å²) in [6, 6.07) is 15.9. The predicted molar refractivity (Wildman–Crippen MR) is 110 cm³/mol. The lowest BCUT2D eigenvalue weighted by atomic mass is 9.94. The third-order valence-electron chi connectivity index (χ3n) is 4.49. The molecule has 0 heterocycles. The van der Waals surface area contributed by atoms with Gasteiger partial charge < -0.3 is 14.8 Å². The maximum absolute atomic E-state index is 12.5. The Hall–Kier alpha value is -3.27. The highest BCUT2D eigenvalue weighted by atomic mass is 16.5. The summed E-state index contributed by atoms with van der Waals surface area (Å²) in [6.45, 7) is 6.12. The topological polar surface area (TPSA) is 47.6 Å². The van der Waals surface area contributed by atoms with E-state index in [-0.39, 0.29) is 5.91 Å². The first-order valence-corrected chi connectivity index (χ1v) is 8.73. The third kappa shape index (κ3) is 3.80. The lowest BCUT2D eigenvalue weighted by molar-refractivity contribution is 0.0958. The van der Waals surface area contributed by atoms with Crippen LogP contribution in [0.4, 0.5) is 0 Å². The van der Waals surface area contributed by atoms with Crippen molar-refractivity contribution in [3.8, 4) is 22.6 Å².